The Bertz CT molecular complexity index is 3130. The molecule has 0 saturated heterocycles. The molecule has 2 aliphatic heterocycles. The summed E-state index contributed by atoms with van der Waals surface area (Å²) >= 11 is -2.29. The predicted octanol–water partition coefficient (Wildman–Crippen LogP) is 11.0. The van der Waals surface area contributed by atoms with Crippen LogP contribution in [0.1, 0.15) is 40.2 Å². The number of hydrogen-bond acceptors (Lipinski definition) is 1. The standard InChI is InChI=1S/C49H42GeN2O/c1-48(2,3)28-30-25-26-51-42(27-30)46-40(49(51)39-18-12-11-17-37(39)41-23-19-31(29-52(41)49)50(4,5)6)22-20-38-45-43(53-47(38)46)24-21-36-34-15-8-7-13-32(34)33-14-9-10-16-35(33)44(36)45/h7-27,29H,28H2,1-6H3/q+2/i28D2. The molecule has 5 heterocycles. The summed E-state index contributed by atoms with van der Waals surface area (Å²) in [5.41, 5.74) is 7.75. The number of nitrogens with zero attached hydrogens (tertiary/aromatic N) is 2. The Morgan fingerprint density at radius 1 is 0.642 bits per heavy atom. The van der Waals surface area contributed by atoms with Crippen LogP contribution >= 0.6 is 0 Å². The van der Waals surface area contributed by atoms with Crippen molar-refractivity contribution >= 4 is 71.9 Å². The molecule has 4 heteroatoms. The van der Waals surface area contributed by atoms with Gasteiger partial charge in [-0.3, -0.25) is 0 Å². The van der Waals surface area contributed by atoms with Gasteiger partial charge in [0.05, 0.1) is 0 Å². The fourth-order valence-electron chi connectivity index (χ4n) is 9.58. The molecule has 256 valence electrons. The van der Waals surface area contributed by atoms with E-state index >= 15 is 0 Å². The molecule has 0 fully saturated rings. The molecule has 2 aliphatic rings. The zero-order valence-electron chi connectivity index (χ0n) is 33.0. The monoisotopic (exact) mass is 750 g/mol. The molecule has 3 nitrogen and oxygen atoms in total. The predicted molar refractivity (Wildman–Crippen MR) is 222 cm³/mol. The molecule has 0 bridgehead atoms. The first kappa shape index (κ1) is 29.2. The van der Waals surface area contributed by atoms with Crippen molar-refractivity contribution in [3.05, 3.63) is 150 Å². The van der Waals surface area contributed by atoms with E-state index in [1.807, 2.05) is 26.8 Å². The Morgan fingerprint density at radius 3 is 2.04 bits per heavy atom. The van der Waals surface area contributed by atoms with Crippen LogP contribution in [0.3, 0.4) is 0 Å². The summed E-state index contributed by atoms with van der Waals surface area (Å²) in [4.78, 5) is 0. The molecule has 1 atom stereocenters. The number of pyridine rings is 2. The van der Waals surface area contributed by atoms with E-state index in [0.29, 0.717) is 5.56 Å². The van der Waals surface area contributed by atoms with Gasteiger partial charge in [-0.1, -0.05) is 42.5 Å². The summed E-state index contributed by atoms with van der Waals surface area (Å²) in [5, 5.41) is 9.54. The van der Waals surface area contributed by atoms with Crippen LogP contribution in [0.2, 0.25) is 17.3 Å². The molecular weight excluding hydrogens is 705 g/mol. The molecule has 1 unspecified atom stereocenters. The summed E-state index contributed by atoms with van der Waals surface area (Å²) in [6, 6.07) is 44.1. The zero-order chi connectivity index (χ0) is 37.8. The Labute approximate surface area is 315 Å². The average Bonchev–Trinajstić information content (AvgIpc) is 3.80. The quantitative estimate of drug-likeness (QED) is 0.0980. The van der Waals surface area contributed by atoms with E-state index in [-0.39, 0.29) is 0 Å². The molecule has 11 rings (SSSR count). The molecular formula is C49H42GeN2O+2. The van der Waals surface area contributed by atoms with Crippen molar-refractivity contribution in [2.75, 3.05) is 0 Å². The third-order valence-corrected chi connectivity index (χ3v) is 16.0. The molecule has 0 N–H and O–H groups in total. The minimum atomic E-state index is -2.29. The Hall–Kier alpha value is -5.26. The van der Waals surface area contributed by atoms with E-state index < -0.39 is 30.7 Å². The zero-order valence-corrected chi connectivity index (χ0v) is 33.1. The first-order valence-electron chi connectivity index (χ1n) is 19.8. The topological polar surface area (TPSA) is 20.9 Å². The van der Waals surface area contributed by atoms with Gasteiger partial charge in [-0.15, -0.1) is 0 Å². The number of furan rings is 1. The van der Waals surface area contributed by atoms with Gasteiger partial charge in [-0.05, 0) is 5.39 Å². The SMILES string of the molecule is [2H]C([2H])(c1cc[n+]2c(c1)-c1c(ccc3c1oc1ccc4c5ccccc5c5ccccc5c4c13)C21c2ccccc2-c2cc[c]([Ge]([CH3])([CH3])[CH3])c[n+]21)C(C)(C)C. The average molecular weight is 750 g/mol. The van der Waals surface area contributed by atoms with Gasteiger partial charge >= 0.3 is 269 Å². The summed E-state index contributed by atoms with van der Waals surface area (Å²) in [7, 11) is 0. The number of fused-ring (bicyclic) bond motifs is 21. The Balaban J connectivity index is 1.33. The Morgan fingerprint density at radius 2 is 1.30 bits per heavy atom. The fourth-order valence-corrected chi connectivity index (χ4v) is 11.9. The number of aromatic nitrogens is 2. The summed E-state index contributed by atoms with van der Waals surface area (Å²) < 4.78 is 32.3. The first-order valence-corrected chi connectivity index (χ1v) is 26.1. The molecule has 0 aliphatic carbocycles. The number of rotatable bonds is 2. The molecule has 3 aromatic heterocycles. The number of benzene rings is 6. The molecule has 0 radical (unpaired) electrons. The maximum atomic E-state index is 9.42. The van der Waals surface area contributed by atoms with Crippen molar-refractivity contribution in [1.29, 1.82) is 0 Å². The molecule has 6 aromatic carbocycles. The van der Waals surface area contributed by atoms with Gasteiger partial charge in [0, 0.05) is 0 Å². The van der Waals surface area contributed by atoms with Gasteiger partial charge < -0.3 is 0 Å². The van der Waals surface area contributed by atoms with Crippen molar-refractivity contribution in [3.8, 4) is 22.5 Å². The van der Waals surface area contributed by atoms with E-state index in [1.165, 1.54) is 53.5 Å². The van der Waals surface area contributed by atoms with Crippen LogP contribution in [0.25, 0.3) is 76.8 Å². The van der Waals surface area contributed by atoms with Crippen molar-refractivity contribution in [1.82, 2.24) is 0 Å². The van der Waals surface area contributed by atoms with Crippen molar-refractivity contribution in [3.63, 3.8) is 0 Å². The second-order valence-electron chi connectivity index (χ2n) is 17.1. The maximum absolute atomic E-state index is 9.42. The molecule has 0 saturated carbocycles. The molecule has 9 aromatic rings. The third-order valence-electron chi connectivity index (χ3n) is 11.7. The summed E-state index contributed by atoms with van der Waals surface area (Å²) in [5.74, 6) is 7.37. The second kappa shape index (κ2) is 10.5. The molecule has 1 spiro atoms. The summed E-state index contributed by atoms with van der Waals surface area (Å²) in [6.45, 7) is 5.95. The van der Waals surface area contributed by atoms with E-state index in [1.54, 1.807) is 0 Å². The van der Waals surface area contributed by atoms with Crippen LogP contribution in [0.4, 0.5) is 0 Å². The van der Waals surface area contributed by atoms with Crippen molar-refractivity contribution in [2.24, 2.45) is 5.41 Å². The van der Waals surface area contributed by atoms with Gasteiger partial charge in [0.25, 0.3) is 0 Å². The molecule has 0 amide bonds. The van der Waals surface area contributed by atoms with Gasteiger partial charge in [0.2, 0.25) is 0 Å². The third kappa shape index (κ3) is 4.12. The van der Waals surface area contributed by atoms with E-state index in [4.69, 9.17) is 4.42 Å². The van der Waals surface area contributed by atoms with E-state index in [9.17, 15) is 2.74 Å². The van der Waals surface area contributed by atoms with Crippen LogP contribution in [-0.2, 0) is 12.0 Å². The summed E-state index contributed by atoms with van der Waals surface area (Å²) in [6.07, 6.45) is 2.99. The Kier molecular flexibility index (Phi) is 5.76. The van der Waals surface area contributed by atoms with E-state index in [2.05, 4.69) is 154 Å². The second-order valence-corrected chi connectivity index (χ2v) is 27.8. The van der Waals surface area contributed by atoms with Gasteiger partial charge in [-0.2, -0.15) is 0 Å². The van der Waals surface area contributed by atoms with E-state index in [0.717, 1.165) is 38.8 Å². The fraction of sp³-hybridized carbons (Fsp3) is 0.184. The minimum absolute atomic E-state index is 0.617. The van der Waals surface area contributed by atoms with Crippen LogP contribution in [0.15, 0.2) is 138 Å². The molecule has 53 heavy (non-hydrogen) atoms. The van der Waals surface area contributed by atoms with Crippen LogP contribution in [0.5, 0.6) is 0 Å². The number of hydrogen-bond donors (Lipinski definition) is 0. The van der Waals surface area contributed by atoms with Crippen molar-refractivity contribution in [2.45, 2.75) is 50.1 Å². The van der Waals surface area contributed by atoms with Crippen LogP contribution in [-0.4, -0.2) is 13.3 Å². The van der Waals surface area contributed by atoms with Crippen LogP contribution < -0.4 is 13.5 Å². The first-order chi connectivity index (χ1) is 26.3. The van der Waals surface area contributed by atoms with Gasteiger partial charge in [0.15, 0.2) is 0 Å². The van der Waals surface area contributed by atoms with Crippen LogP contribution in [0, 0.1) is 5.41 Å². The normalized spacial score (nSPS) is 17.1. The van der Waals surface area contributed by atoms with Crippen molar-refractivity contribution < 1.29 is 16.3 Å². The van der Waals surface area contributed by atoms with Gasteiger partial charge in [0.1, 0.15) is 0 Å². The van der Waals surface area contributed by atoms with Gasteiger partial charge in [-0.25, -0.2) is 0 Å².